The van der Waals surface area contributed by atoms with Gasteiger partial charge in [-0.25, -0.2) is 4.98 Å². The van der Waals surface area contributed by atoms with Crippen LogP contribution in [0.25, 0.3) is 16.2 Å². The number of imidazole rings is 1. The van der Waals surface area contributed by atoms with Gasteiger partial charge in [0.05, 0.1) is 5.69 Å². The molecular formula is C14H14N2S. The standard InChI is InChI=1S/C14H14N2S/c1-2-6-12-13(11-7-4-3-5-8-11)16-10-9-15-14(16)17-12/h3-5,7-10H,2,6H2,1H3. The van der Waals surface area contributed by atoms with Gasteiger partial charge in [-0.3, -0.25) is 4.40 Å². The summed E-state index contributed by atoms with van der Waals surface area (Å²) in [5.41, 5.74) is 2.59. The number of benzene rings is 1. The summed E-state index contributed by atoms with van der Waals surface area (Å²) in [4.78, 5) is 6.91. The van der Waals surface area contributed by atoms with Crippen molar-refractivity contribution in [3.63, 3.8) is 0 Å². The van der Waals surface area contributed by atoms with E-state index in [4.69, 9.17) is 0 Å². The Morgan fingerprint density at radius 1 is 1.24 bits per heavy atom. The molecule has 3 rings (SSSR count). The van der Waals surface area contributed by atoms with E-state index in [0.29, 0.717) is 0 Å². The second-order valence-corrected chi connectivity index (χ2v) is 5.13. The fourth-order valence-electron chi connectivity index (χ4n) is 2.12. The van der Waals surface area contributed by atoms with Crippen molar-refractivity contribution < 1.29 is 0 Å². The number of aromatic nitrogens is 2. The lowest BCUT2D eigenvalue weighted by Crippen LogP contribution is -1.88. The Bertz CT molecular complexity index is 622. The summed E-state index contributed by atoms with van der Waals surface area (Å²) in [6, 6.07) is 10.6. The van der Waals surface area contributed by atoms with E-state index in [9.17, 15) is 0 Å². The lowest BCUT2D eigenvalue weighted by atomic mass is 10.1. The zero-order valence-electron chi connectivity index (χ0n) is 9.76. The maximum absolute atomic E-state index is 4.39. The molecule has 3 heteroatoms. The fraction of sp³-hybridized carbons (Fsp3) is 0.214. The Morgan fingerprint density at radius 2 is 2.06 bits per heavy atom. The number of hydrogen-bond acceptors (Lipinski definition) is 2. The van der Waals surface area contributed by atoms with Crippen LogP contribution in [-0.4, -0.2) is 9.38 Å². The van der Waals surface area contributed by atoms with E-state index < -0.39 is 0 Å². The van der Waals surface area contributed by atoms with Crippen LogP contribution < -0.4 is 0 Å². The smallest absolute Gasteiger partial charge is 0.194 e. The maximum atomic E-state index is 4.39. The first kappa shape index (κ1) is 10.5. The zero-order chi connectivity index (χ0) is 11.7. The van der Waals surface area contributed by atoms with Crippen molar-refractivity contribution in [1.29, 1.82) is 0 Å². The Morgan fingerprint density at radius 3 is 2.82 bits per heavy atom. The Kier molecular flexibility index (Phi) is 2.69. The second kappa shape index (κ2) is 4.34. The summed E-state index contributed by atoms with van der Waals surface area (Å²) < 4.78 is 2.20. The topological polar surface area (TPSA) is 17.3 Å². The fourth-order valence-corrected chi connectivity index (χ4v) is 3.32. The molecule has 0 atom stereocenters. The van der Waals surface area contributed by atoms with Crippen LogP contribution in [0.1, 0.15) is 18.2 Å². The van der Waals surface area contributed by atoms with Crippen LogP contribution in [0, 0.1) is 0 Å². The summed E-state index contributed by atoms with van der Waals surface area (Å²) in [5.74, 6) is 0. The highest BCUT2D eigenvalue weighted by atomic mass is 32.1. The lowest BCUT2D eigenvalue weighted by molar-refractivity contribution is 0.935. The molecular weight excluding hydrogens is 228 g/mol. The van der Waals surface area contributed by atoms with Gasteiger partial charge < -0.3 is 0 Å². The largest absolute Gasteiger partial charge is 0.290 e. The summed E-state index contributed by atoms with van der Waals surface area (Å²) in [6.07, 6.45) is 6.21. The van der Waals surface area contributed by atoms with E-state index in [-0.39, 0.29) is 0 Å². The predicted molar refractivity (Wildman–Crippen MR) is 72.5 cm³/mol. The minimum Gasteiger partial charge on any atom is -0.290 e. The average molecular weight is 242 g/mol. The lowest BCUT2D eigenvalue weighted by Gasteiger charge is -2.03. The molecule has 0 amide bonds. The molecule has 86 valence electrons. The maximum Gasteiger partial charge on any atom is 0.194 e. The Labute approximate surface area is 105 Å². The normalized spacial score (nSPS) is 11.1. The van der Waals surface area contributed by atoms with Gasteiger partial charge in [0.2, 0.25) is 0 Å². The molecule has 2 heterocycles. The summed E-state index contributed by atoms with van der Waals surface area (Å²) in [7, 11) is 0. The molecule has 2 nitrogen and oxygen atoms in total. The van der Waals surface area contributed by atoms with Gasteiger partial charge in [0, 0.05) is 17.3 Å². The number of hydrogen-bond donors (Lipinski definition) is 0. The predicted octanol–water partition coefficient (Wildman–Crippen LogP) is 4.02. The minimum absolute atomic E-state index is 1.09. The van der Waals surface area contributed by atoms with Gasteiger partial charge in [-0.2, -0.15) is 0 Å². The van der Waals surface area contributed by atoms with E-state index in [0.717, 1.165) is 11.4 Å². The minimum atomic E-state index is 1.09. The average Bonchev–Trinajstić information content (AvgIpc) is 2.90. The van der Waals surface area contributed by atoms with Gasteiger partial charge in [0.25, 0.3) is 0 Å². The third kappa shape index (κ3) is 1.76. The van der Waals surface area contributed by atoms with Crippen molar-refractivity contribution in [2.75, 3.05) is 0 Å². The molecule has 0 saturated heterocycles. The molecule has 0 spiro atoms. The molecule has 0 aliphatic heterocycles. The van der Waals surface area contributed by atoms with Crippen LogP contribution >= 0.6 is 11.3 Å². The van der Waals surface area contributed by atoms with E-state index in [1.807, 2.05) is 12.4 Å². The van der Waals surface area contributed by atoms with Crippen LogP contribution in [0.15, 0.2) is 42.7 Å². The molecule has 0 unspecified atom stereocenters. The van der Waals surface area contributed by atoms with Gasteiger partial charge in [0.1, 0.15) is 0 Å². The van der Waals surface area contributed by atoms with Crippen molar-refractivity contribution >= 4 is 16.3 Å². The van der Waals surface area contributed by atoms with Crippen LogP contribution in [0.3, 0.4) is 0 Å². The molecule has 0 fully saturated rings. The highest BCUT2D eigenvalue weighted by Crippen LogP contribution is 2.32. The Balaban J connectivity index is 2.24. The SMILES string of the molecule is CCCc1sc2nccn2c1-c1ccccc1. The third-order valence-corrected chi connectivity index (χ3v) is 3.98. The summed E-state index contributed by atoms with van der Waals surface area (Å²) in [5, 5.41) is 0. The molecule has 0 bridgehead atoms. The zero-order valence-corrected chi connectivity index (χ0v) is 10.6. The summed E-state index contributed by atoms with van der Waals surface area (Å²) >= 11 is 1.80. The van der Waals surface area contributed by atoms with Crippen LogP contribution in [0.4, 0.5) is 0 Å². The van der Waals surface area contributed by atoms with Crippen molar-refractivity contribution in [1.82, 2.24) is 9.38 Å². The molecule has 0 aliphatic rings. The molecule has 0 saturated carbocycles. The number of rotatable bonds is 3. The summed E-state index contributed by atoms with van der Waals surface area (Å²) in [6.45, 7) is 2.22. The van der Waals surface area contributed by atoms with Crippen LogP contribution in [0.2, 0.25) is 0 Å². The molecule has 17 heavy (non-hydrogen) atoms. The molecule has 0 radical (unpaired) electrons. The van der Waals surface area contributed by atoms with Gasteiger partial charge >= 0.3 is 0 Å². The van der Waals surface area contributed by atoms with E-state index >= 15 is 0 Å². The molecule has 1 aromatic carbocycles. The Hall–Kier alpha value is -1.61. The van der Waals surface area contributed by atoms with Crippen molar-refractivity contribution in [3.8, 4) is 11.3 Å². The van der Waals surface area contributed by atoms with Crippen molar-refractivity contribution in [2.24, 2.45) is 0 Å². The van der Waals surface area contributed by atoms with Crippen LogP contribution in [0.5, 0.6) is 0 Å². The molecule has 2 aromatic heterocycles. The number of nitrogens with zero attached hydrogens (tertiary/aromatic N) is 2. The van der Waals surface area contributed by atoms with Gasteiger partial charge in [-0.1, -0.05) is 43.7 Å². The molecule has 0 aliphatic carbocycles. The second-order valence-electron chi connectivity index (χ2n) is 4.07. The molecule has 3 aromatic rings. The van der Waals surface area contributed by atoms with Crippen LogP contribution in [-0.2, 0) is 6.42 Å². The number of thiazole rings is 1. The van der Waals surface area contributed by atoms with E-state index in [1.54, 1.807) is 11.3 Å². The monoisotopic (exact) mass is 242 g/mol. The van der Waals surface area contributed by atoms with Gasteiger partial charge in [-0.15, -0.1) is 11.3 Å². The van der Waals surface area contributed by atoms with Crippen molar-refractivity contribution in [2.45, 2.75) is 19.8 Å². The third-order valence-electron chi connectivity index (χ3n) is 2.85. The first-order valence-electron chi connectivity index (χ1n) is 5.90. The first-order chi connectivity index (χ1) is 8.40. The van der Waals surface area contributed by atoms with Crippen molar-refractivity contribution in [3.05, 3.63) is 47.6 Å². The van der Waals surface area contributed by atoms with Gasteiger partial charge in [-0.05, 0) is 12.0 Å². The number of aryl methyl sites for hydroxylation is 1. The van der Waals surface area contributed by atoms with E-state index in [2.05, 4.69) is 46.6 Å². The first-order valence-corrected chi connectivity index (χ1v) is 6.72. The quantitative estimate of drug-likeness (QED) is 0.678. The van der Waals surface area contributed by atoms with Gasteiger partial charge in [0.15, 0.2) is 4.96 Å². The number of fused-ring (bicyclic) bond motifs is 1. The van der Waals surface area contributed by atoms with E-state index in [1.165, 1.54) is 22.6 Å². The molecule has 0 N–H and O–H groups in total. The highest BCUT2D eigenvalue weighted by Gasteiger charge is 2.13. The highest BCUT2D eigenvalue weighted by molar-refractivity contribution is 7.17.